The smallest absolute Gasteiger partial charge is 0.255 e. The molecule has 0 bridgehead atoms. The SMILES string of the molecule is CCC(C)C(=O)N1CCN(c2ccc(NC(=O)c3ccc(F)cc3)cn2)CC1. The van der Waals surface area contributed by atoms with Gasteiger partial charge >= 0.3 is 0 Å². The molecule has 1 unspecified atom stereocenters. The Balaban J connectivity index is 1.55. The van der Waals surface area contributed by atoms with E-state index >= 15 is 0 Å². The fourth-order valence-corrected chi connectivity index (χ4v) is 3.09. The number of amides is 2. The lowest BCUT2D eigenvalue weighted by Gasteiger charge is -2.36. The zero-order chi connectivity index (χ0) is 20.1. The van der Waals surface area contributed by atoms with Crippen molar-refractivity contribution in [2.24, 2.45) is 5.92 Å². The number of halogens is 1. The highest BCUT2D eigenvalue weighted by Crippen LogP contribution is 2.18. The first kappa shape index (κ1) is 19.8. The van der Waals surface area contributed by atoms with Crippen LogP contribution < -0.4 is 10.2 Å². The number of nitrogens with one attached hydrogen (secondary N) is 1. The van der Waals surface area contributed by atoms with Crippen molar-refractivity contribution < 1.29 is 14.0 Å². The van der Waals surface area contributed by atoms with Crippen LogP contribution in [0.5, 0.6) is 0 Å². The van der Waals surface area contributed by atoms with Crippen molar-refractivity contribution in [3.8, 4) is 0 Å². The third kappa shape index (κ3) is 4.65. The number of hydrogen-bond donors (Lipinski definition) is 1. The Kier molecular flexibility index (Phi) is 6.23. The van der Waals surface area contributed by atoms with E-state index in [0.717, 1.165) is 25.3 Å². The van der Waals surface area contributed by atoms with Crippen LogP contribution in [0.1, 0.15) is 30.6 Å². The Morgan fingerprint density at radius 2 is 1.79 bits per heavy atom. The van der Waals surface area contributed by atoms with E-state index in [-0.39, 0.29) is 23.5 Å². The molecule has 2 heterocycles. The number of hydrogen-bond acceptors (Lipinski definition) is 4. The minimum Gasteiger partial charge on any atom is -0.353 e. The minimum absolute atomic E-state index is 0.0636. The van der Waals surface area contributed by atoms with Crippen LogP contribution in [0.25, 0.3) is 0 Å². The molecule has 7 heteroatoms. The van der Waals surface area contributed by atoms with Crippen LogP contribution in [0.4, 0.5) is 15.9 Å². The Hall–Kier alpha value is -2.96. The number of anilines is 2. The number of nitrogens with zero attached hydrogens (tertiary/aromatic N) is 3. The van der Waals surface area contributed by atoms with Gasteiger partial charge in [0.1, 0.15) is 11.6 Å². The average molecular weight is 384 g/mol. The molecule has 1 aromatic carbocycles. The fraction of sp³-hybridized carbons (Fsp3) is 0.381. The number of benzene rings is 1. The van der Waals surface area contributed by atoms with E-state index in [1.807, 2.05) is 24.8 Å². The van der Waals surface area contributed by atoms with Gasteiger partial charge in [-0.2, -0.15) is 0 Å². The molecule has 148 valence electrons. The van der Waals surface area contributed by atoms with Crippen molar-refractivity contribution in [2.45, 2.75) is 20.3 Å². The highest BCUT2D eigenvalue weighted by Gasteiger charge is 2.24. The highest BCUT2D eigenvalue weighted by atomic mass is 19.1. The van der Waals surface area contributed by atoms with E-state index in [1.165, 1.54) is 24.3 Å². The first-order valence-corrected chi connectivity index (χ1v) is 9.54. The van der Waals surface area contributed by atoms with Gasteiger partial charge in [0.2, 0.25) is 5.91 Å². The summed E-state index contributed by atoms with van der Waals surface area (Å²) in [5.74, 6) is 0.401. The number of aromatic nitrogens is 1. The second kappa shape index (κ2) is 8.82. The van der Waals surface area contributed by atoms with Gasteiger partial charge in [0.15, 0.2) is 0 Å². The summed E-state index contributed by atoms with van der Waals surface area (Å²) in [5.41, 5.74) is 0.955. The van der Waals surface area contributed by atoms with E-state index in [4.69, 9.17) is 0 Å². The molecule has 1 fully saturated rings. The number of rotatable bonds is 5. The number of carbonyl (C=O) groups excluding carboxylic acids is 2. The molecule has 1 aliphatic rings. The third-order valence-corrected chi connectivity index (χ3v) is 5.06. The van der Waals surface area contributed by atoms with Crippen molar-refractivity contribution in [3.63, 3.8) is 0 Å². The third-order valence-electron chi connectivity index (χ3n) is 5.06. The summed E-state index contributed by atoms with van der Waals surface area (Å²) in [6, 6.07) is 9.02. The zero-order valence-electron chi connectivity index (χ0n) is 16.2. The van der Waals surface area contributed by atoms with Crippen LogP contribution in [-0.4, -0.2) is 47.9 Å². The van der Waals surface area contributed by atoms with Crippen molar-refractivity contribution in [2.75, 3.05) is 36.4 Å². The molecule has 1 aromatic heterocycles. The molecule has 6 nitrogen and oxygen atoms in total. The lowest BCUT2D eigenvalue weighted by Crippen LogP contribution is -2.50. The van der Waals surface area contributed by atoms with Gasteiger partial charge in [-0.1, -0.05) is 13.8 Å². The van der Waals surface area contributed by atoms with Crippen molar-refractivity contribution in [1.29, 1.82) is 0 Å². The Morgan fingerprint density at radius 3 is 2.36 bits per heavy atom. The Morgan fingerprint density at radius 1 is 1.11 bits per heavy atom. The van der Waals surface area contributed by atoms with Crippen molar-refractivity contribution in [1.82, 2.24) is 9.88 Å². The van der Waals surface area contributed by atoms with Gasteiger partial charge in [0.05, 0.1) is 11.9 Å². The predicted octanol–water partition coefficient (Wildman–Crippen LogP) is 3.17. The summed E-state index contributed by atoms with van der Waals surface area (Å²) in [7, 11) is 0. The lowest BCUT2D eigenvalue weighted by atomic mass is 10.1. The maximum absolute atomic E-state index is 13.0. The molecule has 0 saturated carbocycles. The van der Waals surface area contributed by atoms with Gasteiger partial charge < -0.3 is 15.1 Å². The number of carbonyl (C=O) groups is 2. The van der Waals surface area contributed by atoms with Gasteiger partial charge in [-0.25, -0.2) is 9.37 Å². The number of pyridine rings is 1. The van der Waals surface area contributed by atoms with Gasteiger partial charge in [0, 0.05) is 37.7 Å². The first-order chi connectivity index (χ1) is 13.5. The van der Waals surface area contributed by atoms with Crippen molar-refractivity contribution in [3.05, 3.63) is 54.0 Å². The average Bonchev–Trinajstić information content (AvgIpc) is 2.73. The maximum Gasteiger partial charge on any atom is 0.255 e. The van der Waals surface area contributed by atoms with E-state index in [2.05, 4.69) is 15.2 Å². The highest BCUT2D eigenvalue weighted by molar-refractivity contribution is 6.04. The predicted molar refractivity (Wildman–Crippen MR) is 107 cm³/mol. The summed E-state index contributed by atoms with van der Waals surface area (Å²) < 4.78 is 13.0. The maximum atomic E-state index is 13.0. The topological polar surface area (TPSA) is 65.5 Å². The first-order valence-electron chi connectivity index (χ1n) is 9.54. The second-order valence-corrected chi connectivity index (χ2v) is 6.99. The molecule has 0 aliphatic carbocycles. The Labute approximate surface area is 164 Å². The minimum atomic E-state index is -0.381. The van der Waals surface area contributed by atoms with E-state index in [0.29, 0.717) is 24.3 Å². The normalized spacial score (nSPS) is 15.2. The van der Waals surface area contributed by atoms with Crippen LogP contribution in [0, 0.1) is 11.7 Å². The summed E-state index contributed by atoms with van der Waals surface area (Å²) in [6.07, 6.45) is 2.46. The summed E-state index contributed by atoms with van der Waals surface area (Å²) in [4.78, 5) is 33.0. The standard InChI is InChI=1S/C21H25FN4O2/c1-3-15(2)21(28)26-12-10-25(11-13-26)19-9-8-18(14-23-19)24-20(27)16-4-6-17(22)7-5-16/h4-9,14-15H,3,10-13H2,1-2H3,(H,24,27). The Bertz CT molecular complexity index is 815. The molecule has 2 aromatic rings. The summed E-state index contributed by atoms with van der Waals surface area (Å²) >= 11 is 0. The molecule has 1 N–H and O–H groups in total. The molecule has 0 spiro atoms. The number of piperazine rings is 1. The molecule has 1 atom stereocenters. The van der Waals surface area contributed by atoms with Gasteiger partial charge in [0.25, 0.3) is 5.91 Å². The molecule has 1 aliphatic heterocycles. The van der Waals surface area contributed by atoms with Crippen LogP contribution in [-0.2, 0) is 4.79 Å². The van der Waals surface area contributed by atoms with Crippen LogP contribution in [0.15, 0.2) is 42.6 Å². The summed E-state index contributed by atoms with van der Waals surface area (Å²) in [5, 5.41) is 2.75. The van der Waals surface area contributed by atoms with Gasteiger partial charge in [-0.05, 0) is 42.8 Å². The molecular formula is C21H25FN4O2. The van der Waals surface area contributed by atoms with Gasteiger partial charge in [-0.3, -0.25) is 9.59 Å². The molecule has 3 rings (SSSR count). The molecule has 0 radical (unpaired) electrons. The largest absolute Gasteiger partial charge is 0.353 e. The monoisotopic (exact) mass is 384 g/mol. The molecule has 2 amide bonds. The second-order valence-electron chi connectivity index (χ2n) is 6.99. The van der Waals surface area contributed by atoms with Crippen LogP contribution >= 0.6 is 0 Å². The fourth-order valence-electron chi connectivity index (χ4n) is 3.09. The van der Waals surface area contributed by atoms with E-state index in [1.54, 1.807) is 12.3 Å². The van der Waals surface area contributed by atoms with E-state index < -0.39 is 0 Å². The molecule has 28 heavy (non-hydrogen) atoms. The van der Waals surface area contributed by atoms with Crippen LogP contribution in [0.3, 0.4) is 0 Å². The van der Waals surface area contributed by atoms with Crippen molar-refractivity contribution >= 4 is 23.3 Å². The van der Waals surface area contributed by atoms with Gasteiger partial charge in [-0.15, -0.1) is 0 Å². The quantitative estimate of drug-likeness (QED) is 0.860. The summed E-state index contributed by atoms with van der Waals surface area (Å²) in [6.45, 7) is 6.84. The molecular weight excluding hydrogens is 359 g/mol. The van der Waals surface area contributed by atoms with Crippen LogP contribution in [0.2, 0.25) is 0 Å². The van der Waals surface area contributed by atoms with E-state index in [9.17, 15) is 14.0 Å². The lowest BCUT2D eigenvalue weighted by molar-refractivity contribution is -0.135. The molecule has 1 saturated heterocycles. The zero-order valence-corrected chi connectivity index (χ0v) is 16.2.